The molecule has 19 heteroatoms. The third-order valence-corrected chi connectivity index (χ3v) is 11.6. The topological polar surface area (TPSA) is 266 Å². The Morgan fingerprint density at radius 1 is 0.809 bits per heavy atom. The van der Waals surface area contributed by atoms with E-state index in [0.29, 0.717) is 0 Å². The molecular weight excluding hydrogens is 881 g/mol. The molecular formula is C49H72N6O13. The second-order valence-electron chi connectivity index (χ2n) is 20.1. The summed E-state index contributed by atoms with van der Waals surface area (Å²) in [5.41, 5.74) is -1.94. The van der Waals surface area contributed by atoms with Crippen LogP contribution in [-0.4, -0.2) is 141 Å². The largest absolute Gasteiger partial charge is 0.481 e. The quantitative estimate of drug-likeness (QED) is 0.0726. The van der Waals surface area contributed by atoms with Crippen molar-refractivity contribution >= 4 is 59.3 Å². The number of carbonyl (C=O) groups excluding carboxylic acids is 8. The Balaban J connectivity index is 2.45. The van der Waals surface area contributed by atoms with Crippen LogP contribution < -0.4 is 16.0 Å². The van der Waals surface area contributed by atoms with E-state index in [9.17, 15) is 53.1 Å². The van der Waals surface area contributed by atoms with Gasteiger partial charge in [-0.3, -0.25) is 53.0 Å². The van der Waals surface area contributed by atoms with Crippen LogP contribution in [0.5, 0.6) is 0 Å². The van der Waals surface area contributed by atoms with Crippen molar-refractivity contribution in [2.24, 2.45) is 17.3 Å². The molecule has 1 heterocycles. The molecule has 5 N–H and O–H groups in total. The van der Waals surface area contributed by atoms with Crippen LogP contribution in [0.2, 0.25) is 0 Å². The molecule has 2 rings (SSSR count). The van der Waals surface area contributed by atoms with Crippen LogP contribution in [0.3, 0.4) is 0 Å². The molecule has 0 aliphatic carbocycles. The van der Waals surface area contributed by atoms with E-state index in [1.54, 1.807) is 41.5 Å². The van der Waals surface area contributed by atoms with Gasteiger partial charge in [-0.25, -0.2) is 4.79 Å². The maximum atomic E-state index is 14.7. The van der Waals surface area contributed by atoms with Gasteiger partial charge in [-0.1, -0.05) is 84.9 Å². The summed E-state index contributed by atoms with van der Waals surface area (Å²) < 4.78 is 5.67. The molecule has 1 aliphatic rings. The van der Waals surface area contributed by atoms with E-state index in [2.05, 4.69) is 16.0 Å². The summed E-state index contributed by atoms with van der Waals surface area (Å²) in [7, 11) is 2.99. The lowest BCUT2D eigenvalue weighted by Gasteiger charge is -2.42. The summed E-state index contributed by atoms with van der Waals surface area (Å²) in [6.07, 6.45) is 0.813. The van der Waals surface area contributed by atoms with E-state index in [-0.39, 0.29) is 43.8 Å². The van der Waals surface area contributed by atoms with Crippen molar-refractivity contribution in [2.45, 2.75) is 143 Å². The smallest absolute Gasteiger partial charge is 0.410 e. The summed E-state index contributed by atoms with van der Waals surface area (Å²) in [5, 5.41) is 27.0. The van der Waals surface area contributed by atoms with E-state index in [1.807, 2.05) is 58.0 Å². The highest BCUT2D eigenvalue weighted by Gasteiger charge is 2.46. The van der Waals surface area contributed by atoms with Crippen molar-refractivity contribution in [2.75, 3.05) is 27.2 Å². The number of carbonyl (C=O) groups is 10. The van der Waals surface area contributed by atoms with Crippen LogP contribution in [-0.2, 0) is 53.3 Å². The molecule has 0 saturated heterocycles. The molecule has 5 atom stereocenters. The van der Waals surface area contributed by atoms with Crippen molar-refractivity contribution in [3.63, 3.8) is 0 Å². The molecule has 0 unspecified atom stereocenters. The third kappa shape index (κ3) is 17.0. The first kappa shape index (κ1) is 57.7. The van der Waals surface area contributed by atoms with Gasteiger partial charge in [0.2, 0.25) is 23.6 Å². The third-order valence-electron chi connectivity index (χ3n) is 11.6. The van der Waals surface area contributed by atoms with Crippen LogP contribution in [0, 0.1) is 17.3 Å². The average Bonchev–Trinajstić information content (AvgIpc) is 3.55. The summed E-state index contributed by atoms with van der Waals surface area (Å²) in [5.74, 6) is -8.73. The molecule has 68 heavy (non-hydrogen) atoms. The van der Waals surface area contributed by atoms with Crippen molar-refractivity contribution in [3.8, 4) is 0 Å². The number of rotatable bonds is 24. The fraction of sp³-hybridized carbons (Fsp3) is 0.592. The van der Waals surface area contributed by atoms with Gasteiger partial charge in [0.1, 0.15) is 17.7 Å². The molecule has 0 aromatic heterocycles. The molecule has 0 bridgehead atoms. The van der Waals surface area contributed by atoms with Gasteiger partial charge in [0.25, 0.3) is 11.8 Å². The molecule has 0 fully saturated rings. The summed E-state index contributed by atoms with van der Waals surface area (Å²) >= 11 is 0. The lowest BCUT2D eigenvalue weighted by atomic mass is 9.76. The fourth-order valence-corrected chi connectivity index (χ4v) is 7.66. The zero-order valence-electron chi connectivity index (χ0n) is 41.8. The molecule has 0 saturated carbocycles. The molecule has 0 radical (unpaired) electrons. The number of carboxylic acid groups (broad SMARTS) is 2. The van der Waals surface area contributed by atoms with Crippen molar-refractivity contribution in [1.82, 2.24) is 30.7 Å². The molecule has 19 nitrogen and oxygen atoms in total. The Morgan fingerprint density at radius 3 is 1.88 bits per heavy atom. The number of aliphatic carboxylic acids is 2. The van der Waals surface area contributed by atoms with E-state index < -0.39 is 119 Å². The van der Waals surface area contributed by atoms with Gasteiger partial charge in [-0.15, -0.1) is 0 Å². The SMILES string of the molecule is C/C(=C\[C@H](C(C)C)N(C)C(=O)[C@@H](NC(=O)[C@@H](N(C)C(=O)OC(C)(C)C)C(C)(C)c1ccccc1)C(C)(C)C)C(=O)N[C@H](CCC(=O)NCCN1C(=O)C=CC1=O)C(=O)C[C@H](CCC(=O)O)C(=O)O. The number of benzene rings is 1. The Morgan fingerprint density at radius 2 is 1.38 bits per heavy atom. The van der Waals surface area contributed by atoms with Crippen molar-refractivity contribution in [1.29, 1.82) is 0 Å². The Hall–Kier alpha value is -6.40. The number of ketones is 1. The number of hydrogen-bond acceptors (Lipinski definition) is 11. The minimum atomic E-state index is -1.42. The first-order valence-corrected chi connectivity index (χ1v) is 22.6. The molecule has 7 amide bonds. The Bertz CT molecular complexity index is 2080. The Kier molecular flexibility index (Phi) is 20.9. The number of amides is 7. The fourth-order valence-electron chi connectivity index (χ4n) is 7.66. The highest BCUT2D eigenvalue weighted by Crippen LogP contribution is 2.32. The predicted molar refractivity (Wildman–Crippen MR) is 251 cm³/mol. The molecule has 1 aromatic carbocycles. The first-order valence-electron chi connectivity index (χ1n) is 22.6. The highest BCUT2D eigenvalue weighted by molar-refractivity contribution is 6.12. The van der Waals surface area contributed by atoms with E-state index in [4.69, 9.17) is 9.84 Å². The number of nitrogens with one attached hydrogen (secondary N) is 3. The minimum Gasteiger partial charge on any atom is -0.481 e. The first-order chi connectivity index (χ1) is 31.3. The van der Waals surface area contributed by atoms with Gasteiger partial charge in [0.15, 0.2) is 5.78 Å². The normalized spacial score (nSPS) is 15.4. The standard InChI is InChI=1S/C49H72N6O13/c1-29(2)34(53(12)44(64)40(47(4,5)6)52-43(63)41(54(13)46(67)68-48(7,8)9)49(10,11)32-17-15-14-16-18-32)27-30(3)42(62)51-33(35(56)28-31(45(65)66)19-24-39(60)61)20-21-36(57)50-25-26-55-37(58)22-23-38(55)59/h14-18,22-23,27,29,31,33-34,40-41H,19-21,24-26,28H2,1-13H3,(H,50,57)(H,51,62)(H,52,63)(H,60,61)(H,65,66)/b30-27+/t31-,33+,34+,40+,41+/m0/s1. The van der Waals surface area contributed by atoms with Gasteiger partial charge >= 0.3 is 18.0 Å². The van der Waals surface area contributed by atoms with E-state index >= 15 is 0 Å². The van der Waals surface area contributed by atoms with Crippen molar-refractivity contribution in [3.05, 3.63) is 59.7 Å². The van der Waals surface area contributed by atoms with Crippen LogP contribution in [0.15, 0.2) is 54.1 Å². The van der Waals surface area contributed by atoms with Crippen molar-refractivity contribution < 1.29 is 62.9 Å². The predicted octanol–water partition coefficient (Wildman–Crippen LogP) is 3.99. The maximum Gasteiger partial charge on any atom is 0.410 e. The summed E-state index contributed by atoms with van der Waals surface area (Å²) in [4.78, 5) is 134. The number of likely N-dealkylation sites (N-methyl/N-ethyl adjacent to an activating group) is 2. The average molecular weight is 953 g/mol. The van der Waals surface area contributed by atoms with Gasteiger partial charge in [0, 0.05) is 69.6 Å². The number of Topliss-reactive ketones (excluding diaryl/α,β-unsaturated/α-hetero) is 1. The molecule has 0 spiro atoms. The Labute approximate surface area is 399 Å². The van der Waals surface area contributed by atoms with E-state index in [0.717, 1.165) is 22.6 Å². The van der Waals surface area contributed by atoms with E-state index in [1.165, 1.54) is 36.9 Å². The summed E-state index contributed by atoms with van der Waals surface area (Å²) in [6, 6.07) is 4.67. The van der Waals surface area contributed by atoms with Gasteiger partial charge in [-0.2, -0.15) is 0 Å². The zero-order chi connectivity index (χ0) is 52.1. The monoisotopic (exact) mass is 953 g/mol. The number of ether oxygens (including phenoxy) is 1. The lowest BCUT2D eigenvalue weighted by Crippen LogP contribution is -2.63. The van der Waals surface area contributed by atoms with Crippen LogP contribution in [0.1, 0.15) is 114 Å². The number of imide groups is 1. The molecule has 1 aliphatic heterocycles. The summed E-state index contributed by atoms with van der Waals surface area (Å²) in [6.45, 7) is 19.0. The maximum absolute atomic E-state index is 14.7. The second-order valence-corrected chi connectivity index (χ2v) is 20.1. The van der Waals surface area contributed by atoms with Crippen LogP contribution in [0.4, 0.5) is 4.79 Å². The minimum absolute atomic E-state index is 0.0554. The lowest BCUT2D eigenvalue weighted by molar-refractivity contribution is -0.145. The van der Waals surface area contributed by atoms with Gasteiger partial charge in [-0.05, 0) is 57.4 Å². The zero-order valence-corrected chi connectivity index (χ0v) is 41.8. The number of nitrogens with zero attached hydrogens (tertiary/aromatic N) is 3. The highest BCUT2D eigenvalue weighted by atomic mass is 16.6. The second kappa shape index (κ2) is 24.6. The number of hydrogen-bond donors (Lipinski definition) is 5. The number of carboxylic acids is 2. The molecule has 376 valence electrons. The van der Waals surface area contributed by atoms with Gasteiger partial charge in [0.05, 0.1) is 18.0 Å². The van der Waals surface area contributed by atoms with Crippen LogP contribution >= 0.6 is 0 Å². The molecule has 1 aromatic rings. The van der Waals surface area contributed by atoms with Gasteiger partial charge < -0.3 is 35.8 Å². The van der Waals surface area contributed by atoms with Crippen LogP contribution in [0.25, 0.3) is 0 Å².